The number of alkyl halides is 4. The van der Waals surface area contributed by atoms with E-state index in [2.05, 4.69) is 15.5 Å². The van der Waals surface area contributed by atoms with Crippen LogP contribution in [0.1, 0.15) is 31.2 Å². The highest BCUT2D eigenvalue weighted by atomic mass is 19.3. The lowest BCUT2D eigenvalue weighted by molar-refractivity contribution is -0.127. The van der Waals surface area contributed by atoms with Gasteiger partial charge in [0.15, 0.2) is 11.5 Å². The number of carbonyl (C=O) groups is 1. The number of benzene rings is 1. The molecule has 1 fully saturated rings. The predicted octanol–water partition coefficient (Wildman–Crippen LogP) is 2.83. The van der Waals surface area contributed by atoms with Gasteiger partial charge in [0.05, 0.1) is 17.4 Å². The van der Waals surface area contributed by atoms with E-state index in [9.17, 15) is 27.6 Å². The largest absolute Gasteiger partial charge is 0.431 e. The van der Waals surface area contributed by atoms with E-state index >= 15 is 0 Å². The van der Waals surface area contributed by atoms with E-state index < -0.39 is 42.0 Å². The fraction of sp³-hybridized carbons (Fsp3) is 0.500. The summed E-state index contributed by atoms with van der Waals surface area (Å²) >= 11 is 0. The summed E-state index contributed by atoms with van der Waals surface area (Å²) < 4.78 is 58.6. The minimum absolute atomic E-state index is 0.200. The molecule has 1 saturated carbocycles. The lowest BCUT2D eigenvalue weighted by Gasteiger charge is -2.38. The fourth-order valence-electron chi connectivity index (χ4n) is 3.34. The van der Waals surface area contributed by atoms with Gasteiger partial charge in [-0.25, -0.2) is 5.84 Å². The molecule has 26 heavy (non-hydrogen) atoms. The van der Waals surface area contributed by atoms with Gasteiger partial charge < -0.3 is 9.47 Å². The highest BCUT2D eigenvalue weighted by Crippen LogP contribution is 2.46. The first kappa shape index (κ1) is 19.8. The minimum Gasteiger partial charge on any atom is -0.431 e. The van der Waals surface area contributed by atoms with Crippen LogP contribution in [0.25, 0.3) is 0 Å². The van der Waals surface area contributed by atoms with Gasteiger partial charge in [0.1, 0.15) is 0 Å². The monoisotopic (exact) mass is 375 g/mol. The second kappa shape index (κ2) is 8.23. The van der Waals surface area contributed by atoms with E-state index in [4.69, 9.17) is 5.84 Å². The van der Waals surface area contributed by atoms with E-state index in [1.807, 2.05) is 5.43 Å². The number of hydrogen-bond acceptors (Lipinski definition) is 5. The third-order valence-electron chi connectivity index (χ3n) is 4.46. The first-order valence-electron chi connectivity index (χ1n) is 7.80. The highest BCUT2D eigenvalue weighted by molar-refractivity contribution is 5.81. The Morgan fingerprint density at radius 3 is 2.46 bits per heavy atom. The molecule has 0 aliphatic heterocycles. The van der Waals surface area contributed by atoms with Gasteiger partial charge in [0.25, 0.3) is 0 Å². The SMILES string of the molecule is N#CC1(c2ccc(OC(F)F)c(OC(F)F)c2)CCCCC1C(=O)NN. The fourth-order valence-corrected chi connectivity index (χ4v) is 3.34. The summed E-state index contributed by atoms with van der Waals surface area (Å²) in [4.78, 5) is 12.1. The van der Waals surface area contributed by atoms with Crippen LogP contribution >= 0.6 is 0 Å². The summed E-state index contributed by atoms with van der Waals surface area (Å²) in [7, 11) is 0. The van der Waals surface area contributed by atoms with Crippen LogP contribution in [0, 0.1) is 17.2 Å². The lowest BCUT2D eigenvalue weighted by Crippen LogP contribution is -2.48. The van der Waals surface area contributed by atoms with E-state index in [1.165, 1.54) is 6.07 Å². The standard InChI is InChI=1S/C16H17F4N3O3/c17-14(18)25-11-5-4-9(7-12(11)26-15(19)20)16(8-21)6-2-1-3-10(16)13(24)23-22/h4-5,7,10,14-15H,1-3,6,22H2,(H,23,24). The smallest absolute Gasteiger partial charge is 0.387 e. The number of nitrogens with two attached hydrogens (primary N) is 1. The number of hydrazine groups is 1. The molecule has 3 N–H and O–H groups in total. The summed E-state index contributed by atoms with van der Waals surface area (Å²) in [6.07, 6.45) is 1.97. The van der Waals surface area contributed by atoms with Gasteiger partial charge in [-0.15, -0.1) is 0 Å². The maximum atomic E-state index is 12.6. The van der Waals surface area contributed by atoms with Crippen molar-refractivity contribution in [1.29, 1.82) is 5.26 Å². The molecule has 142 valence electrons. The number of rotatable bonds is 6. The highest BCUT2D eigenvalue weighted by Gasteiger charge is 2.46. The number of hydrogen-bond donors (Lipinski definition) is 2. The Kier molecular flexibility index (Phi) is 6.26. The van der Waals surface area contributed by atoms with Gasteiger partial charge in [0.2, 0.25) is 5.91 Å². The first-order chi connectivity index (χ1) is 12.3. The first-order valence-corrected chi connectivity index (χ1v) is 7.80. The number of amides is 1. The van der Waals surface area contributed by atoms with E-state index in [-0.39, 0.29) is 12.0 Å². The zero-order valence-electron chi connectivity index (χ0n) is 13.6. The average molecular weight is 375 g/mol. The summed E-state index contributed by atoms with van der Waals surface area (Å²) in [5.41, 5.74) is 0.870. The molecule has 1 aliphatic rings. The van der Waals surface area contributed by atoms with Crippen molar-refractivity contribution in [1.82, 2.24) is 5.43 Å². The van der Waals surface area contributed by atoms with Crippen LogP contribution in [0.4, 0.5) is 17.6 Å². The maximum absolute atomic E-state index is 12.6. The normalized spacial score (nSPS) is 22.8. The van der Waals surface area contributed by atoms with E-state index in [0.29, 0.717) is 19.3 Å². The molecule has 0 spiro atoms. The van der Waals surface area contributed by atoms with Crippen molar-refractivity contribution >= 4 is 5.91 Å². The molecule has 0 aromatic heterocycles. The summed E-state index contributed by atoms with van der Waals surface area (Å²) in [6, 6.07) is 5.44. The van der Waals surface area contributed by atoms with Crippen LogP contribution in [-0.2, 0) is 10.2 Å². The molecular weight excluding hydrogens is 358 g/mol. The third-order valence-corrected chi connectivity index (χ3v) is 4.46. The number of nitrogens with zero attached hydrogens (tertiary/aromatic N) is 1. The third kappa shape index (κ3) is 3.99. The minimum atomic E-state index is -3.28. The van der Waals surface area contributed by atoms with Crippen LogP contribution in [-0.4, -0.2) is 19.1 Å². The van der Waals surface area contributed by atoms with E-state index in [1.54, 1.807) is 0 Å². The molecule has 1 amide bonds. The molecule has 0 bridgehead atoms. The molecule has 0 heterocycles. The average Bonchev–Trinajstić information content (AvgIpc) is 2.61. The maximum Gasteiger partial charge on any atom is 0.387 e. The molecule has 1 aromatic rings. The number of halogens is 4. The Balaban J connectivity index is 2.52. The molecule has 2 unspecified atom stereocenters. The van der Waals surface area contributed by atoms with Crippen molar-refractivity contribution in [3.63, 3.8) is 0 Å². The van der Waals surface area contributed by atoms with Gasteiger partial charge >= 0.3 is 13.2 Å². The van der Waals surface area contributed by atoms with Crippen molar-refractivity contribution in [2.45, 2.75) is 44.3 Å². The Morgan fingerprint density at radius 1 is 1.23 bits per heavy atom. The lowest BCUT2D eigenvalue weighted by atomic mass is 9.63. The Hall–Kier alpha value is -2.54. The second-order valence-electron chi connectivity index (χ2n) is 5.81. The Labute approximate surface area is 146 Å². The van der Waals surface area contributed by atoms with Crippen molar-refractivity contribution in [3.8, 4) is 17.6 Å². The summed E-state index contributed by atoms with van der Waals surface area (Å²) in [6.45, 7) is -6.52. The predicted molar refractivity (Wildman–Crippen MR) is 81.3 cm³/mol. The molecule has 2 rings (SSSR count). The number of carbonyl (C=O) groups excluding carboxylic acids is 1. The second-order valence-corrected chi connectivity index (χ2v) is 5.81. The Bertz CT molecular complexity index is 696. The quantitative estimate of drug-likeness (QED) is 0.345. The van der Waals surface area contributed by atoms with Crippen molar-refractivity contribution in [2.24, 2.45) is 11.8 Å². The molecule has 6 nitrogen and oxygen atoms in total. The van der Waals surface area contributed by atoms with E-state index in [0.717, 1.165) is 12.1 Å². The van der Waals surface area contributed by atoms with Crippen LogP contribution in [0.15, 0.2) is 18.2 Å². The molecule has 0 saturated heterocycles. The summed E-state index contributed by atoms with van der Waals surface area (Å²) in [5.74, 6) is 2.60. The van der Waals surface area contributed by atoms with Gasteiger partial charge in [-0.05, 0) is 30.5 Å². The molecule has 2 atom stereocenters. The van der Waals surface area contributed by atoms with Gasteiger partial charge in [-0.1, -0.05) is 18.9 Å². The molecular formula is C16H17F4N3O3. The molecule has 10 heteroatoms. The van der Waals surface area contributed by atoms with Crippen LogP contribution < -0.4 is 20.7 Å². The molecule has 1 aliphatic carbocycles. The number of nitriles is 1. The molecule has 1 aromatic carbocycles. The van der Waals surface area contributed by atoms with Crippen LogP contribution in [0.3, 0.4) is 0 Å². The zero-order chi connectivity index (χ0) is 19.3. The van der Waals surface area contributed by atoms with Crippen LogP contribution in [0.2, 0.25) is 0 Å². The topological polar surface area (TPSA) is 97.4 Å². The number of nitrogens with one attached hydrogen (secondary N) is 1. The van der Waals surface area contributed by atoms with Gasteiger partial charge in [-0.3, -0.25) is 10.2 Å². The summed E-state index contributed by atoms with van der Waals surface area (Å²) in [5, 5.41) is 9.79. The van der Waals surface area contributed by atoms with Crippen molar-refractivity contribution < 1.29 is 31.8 Å². The van der Waals surface area contributed by atoms with Gasteiger partial charge in [0, 0.05) is 0 Å². The van der Waals surface area contributed by atoms with Gasteiger partial charge in [-0.2, -0.15) is 22.8 Å². The van der Waals surface area contributed by atoms with Crippen molar-refractivity contribution in [2.75, 3.05) is 0 Å². The van der Waals surface area contributed by atoms with Crippen molar-refractivity contribution in [3.05, 3.63) is 23.8 Å². The van der Waals surface area contributed by atoms with Crippen LogP contribution in [0.5, 0.6) is 11.5 Å². The number of ether oxygens (including phenoxy) is 2. The zero-order valence-corrected chi connectivity index (χ0v) is 13.6. The molecule has 0 radical (unpaired) electrons. The Morgan fingerprint density at radius 2 is 1.88 bits per heavy atom.